The summed E-state index contributed by atoms with van der Waals surface area (Å²) in [7, 11) is -3.69. The highest BCUT2D eigenvalue weighted by Gasteiger charge is 2.25. The van der Waals surface area contributed by atoms with Crippen LogP contribution in [0.25, 0.3) is 0 Å². The maximum absolute atomic E-state index is 13.8. The number of nitrogens with one attached hydrogen (secondary N) is 1. The lowest BCUT2D eigenvalue weighted by molar-refractivity contribution is -0.118. The SMILES string of the molecule is CS(=O)(=O)NC(=O)C(Sc1ccccc1F)c1ccccc1. The molecule has 0 bridgehead atoms. The zero-order valence-corrected chi connectivity index (χ0v) is 13.3. The second-order valence-electron chi connectivity index (χ2n) is 4.58. The van der Waals surface area contributed by atoms with Gasteiger partial charge in [0.15, 0.2) is 0 Å². The lowest BCUT2D eigenvalue weighted by Crippen LogP contribution is -2.32. The molecule has 0 aliphatic heterocycles. The Labute approximate surface area is 132 Å². The van der Waals surface area contributed by atoms with Crippen molar-refractivity contribution < 1.29 is 17.6 Å². The van der Waals surface area contributed by atoms with E-state index in [4.69, 9.17) is 0 Å². The van der Waals surface area contributed by atoms with E-state index in [0.717, 1.165) is 18.0 Å². The zero-order valence-electron chi connectivity index (χ0n) is 11.7. The molecule has 0 fully saturated rings. The summed E-state index contributed by atoms with van der Waals surface area (Å²) in [6, 6.07) is 14.7. The van der Waals surface area contributed by atoms with Crippen LogP contribution < -0.4 is 4.72 Å². The molecule has 0 aliphatic rings. The number of thioether (sulfide) groups is 1. The van der Waals surface area contributed by atoms with Gasteiger partial charge in [-0.05, 0) is 17.7 Å². The van der Waals surface area contributed by atoms with Gasteiger partial charge in [-0.25, -0.2) is 12.8 Å². The highest BCUT2D eigenvalue weighted by Crippen LogP contribution is 2.36. The van der Waals surface area contributed by atoms with Crippen molar-refractivity contribution in [2.45, 2.75) is 10.1 Å². The number of benzene rings is 2. The summed E-state index contributed by atoms with van der Waals surface area (Å²) in [5.41, 5.74) is 0.594. The number of halogens is 1. The van der Waals surface area contributed by atoms with Gasteiger partial charge in [0.25, 0.3) is 5.91 Å². The molecule has 4 nitrogen and oxygen atoms in total. The topological polar surface area (TPSA) is 63.2 Å². The molecule has 0 radical (unpaired) electrons. The molecule has 0 heterocycles. The second-order valence-corrected chi connectivity index (χ2v) is 7.47. The fourth-order valence-corrected chi connectivity index (χ4v) is 3.41. The third-order valence-electron chi connectivity index (χ3n) is 2.71. The van der Waals surface area contributed by atoms with Crippen molar-refractivity contribution in [3.8, 4) is 0 Å². The minimum absolute atomic E-state index is 0.278. The molecule has 0 aliphatic carbocycles. The van der Waals surface area contributed by atoms with E-state index in [1.54, 1.807) is 48.5 Å². The predicted molar refractivity (Wildman–Crippen MR) is 84.4 cm³/mol. The van der Waals surface area contributed by atoms with Gasteiger partial charge in [0, 0.05) is 4.90 Å². The molecule has 1 N–H and O–H groups in total. The van der Waals surface area contributed by atoms with Crippen molar-refractivity contribution in [3.63, 3.8) is 0 Å². The van der Waals surface area contributed by atoms with Gasteiger partial charge >= 0.3 is 0 Å². The maximum atomic E-state index is 13.8. The molecule has 0 aromatic heterocycles. The number of sulfonamides is 1. The molecule has 2 aromatic rings. The summed E-state index contributed by atoms with van der Waals surface area (Å²) < 4.78 is 38.3. The Bertz CT molecular complexity index is 763. The van der Waals surface area contributed by atoms with Crippen LogP contribution in [0, 0.1) is 5.82 Å². The molecule has 0 spiro atoms. The monoisotopic (exact) mass is 339 g/mol. The second kappa shape index (κ2) is 6.93. The molecule has 1 atom stereocenters. The van der Waals surface area contributed by atoms with Crippen molar-refractivity contribution in [1.29, 1.82) is 0 Å². The third-order valence-corrected chi connectivity index (χ3v) is 4.59. The van der Waals surface area contributed by atoms with Crippen LogP contribution in [0.4, 0.5) is 4.39 Å². The molecule has 116 valence electrons. The van der Waals surface area contributed by atoms with Crippen LogP contribution in [-0.4, -0.2) is 20.6 Å². The first-order chi connectivity index (χ1) is 10.4. The van der Waals surface area contributed by atoms with Gasteiger partial charge in [0.05, 0.1) is 6.26 Å². The summed E-state index contributed by atoms with van der Waals surface area (Å²) in [6.07, 6.45) is 0.903. The first-order valence-electron chi connectivity index (χ1n) is 6.34. The quantitative estimate of drug-likeness (QED) is 0.851. The molecule has 2 aromatic carbocycles. The Morgan fingerprint density at radius 1 is 1.09 bits per heavy atom. The summed E-state index contributed by atoms with van der Waals surface area (Å²) in [4.78, 5) is 12.5. The highest BCUT2D eigenvalue weighted by atomic mass is 32.2. The fourth-order valence-electron chi connectivity index (χ4n) is 1.80. The standard InChI is InChI=1S/C15H14FNO3S2/c1-22(19,20)17-15(18)14(11-7-3-2-4-8-11)21-13-10-6-5-9-12(13)16/h2-10,14H,1H3,(H,17,18). The zero-order chi connectivity index (χ0) is 16.2. The summed E-state index contributed by atoms with van der Waals surface area (Å²) in [5, 5.41) is -0.868. The normalized spacial score (nSPS) is 12.6. The Kier molecular flexibility index (Phi) is 5.20. The number of carbonyl (C=O) groups is 1. The predicted octanol–water partition coefficient (Wildman–Crippen LogP) is 2.73. The van der Waals surface area contributed by atoms with Crippen LogP contribution >= 0.6 is 11.8 Å². The molecular weight excluding hydrogens is 325 g/mol. The van der Waals surface area contributed by atoms with Crippen LogP contribution in [-0.2, 0) is 14.8 Å². The van der Waals surface area contributed by atoms with E-state index in [1.165, 1.54) is 6.07 Å². The molecule has 2 rings (SSSR count). The number of amides is 1. The van der Waals surface area contributed by atoms with Gasteiger partial charge in [-0.2, -0.15) is 0 Å². The van der Waals surface area contributed by atoms with Gasteiger partial charge in [0.1, 0.15) is 11.1 Å². The van der Waals surface area contributed by atoms with Gasteiger partial charge in [-0.3, -0.25) is 9.52 Å². The van der Waals surface area contributed by atoms with Crippen molar-refractivity contribution in [1.82, 2.24) is 4.72 Å². The van der Waals surface area contributed by atoms with E-state index in [-0.39, 0.29) is 4.90 Å². The lowest BCUT2D eigenvalue weighted by atomic mass is 10.1. The summed E-state index contributed by atoms with van der Waals surface area (Å²) in [5.74, 6) is -1.16. The first kappa shape index (κ1) is 16.5. The molecule has 0 saturated carbocycles. The number of carbonyl (C=O) groups excluding carboxylic acids is 1. The van der Waals surface area contributed by atoms with Crippen LogP contribution in [0.5, 0.6) is 0 Å². The fraction of sp³-hybridized carbons (Fsp3) is 0.133. The van der Waals surface area contributed by atoms with Gasteiger partial charge in [0.2, 0.25) is 10.0 Å². The molecule has 7 heteroatoms. The number of rotatable bonds is 5. The lowest BCUT2D eigenvalue weighted by Gasteiger charge is -2.16. The summed E-state index contributed by atoms with van der Waals surface area (Å²) in [6.45, 7) is 0. The van der Waals surface area contributed by atoms with Crippen molar-refractivity contribution in [3.05, 3.63) is 66.0 Å². The Balaban J connectivity index is 2.34. The average Bonchev–Trinajstić information content (AvgIpc) is 2.45. The minimum Gasteiger partial charge on any atom is -0.272 e. The van der Waals surface area contributed by atoms with Crippen LogP contribution in [0.2, 0.25) is 0 Å². The molecule has 1 unspecified atom stereocenters. The van der Waals surface area contributed by atoms with E-state index >= 15 is 0 Å². The van der Waals surface area contributed by atoms with Crippen molar-refractivity contribution >= 4 is 27.7 Å². The van der Waals surface area contributed by atoms with Gasteiger partial charge in [-0.15, -0.1) is 11.8 Å². The third kappa shape index (κ3) is 4.57. The maximum Gasteiger partial charge on any atom is 0.251 e. The van der Waals surface area contributed by atoms with Crippen LogP contribution in [0.15, 0.2) is 59.5 Å². The largest absolute Gasteiger partial charge is 0.272 e. The van der Waals surface area contributed by atoms with Crippen LogP contribution in [0.1, 0.15) is 10.8 Å². The Hall–Kier alpha value is -1.86. The minimum atomic E-state index is -3.69. The van der Waals surface area contributed by atoms with E-state index in [2.05, 4.69) is 0 Å². The van der Waals surface area contributed by atoms with E-state index in [9.17, 15) is 17.6 Å². The molecular formula is C15H14FNO3S2. The van der Waals surface area contributed by atoms with Gasteiger partial charge in [-0.1, -0.05) is 42.5 Å². The highest BCUT2D eigenvalue weighted by molar-refractivity contribution is 8.00. The molecule has 0 saturated heterocycles. The number of hydrogen-bond acceptors (Lipinski definition) is 4. The van der Waals surface area contributed by atoms with Crippen molar-refractivity contribution in [2.24, 2.45) is 0 Å². The Morgan fingerprint density at radius 2 is 1.68 bits per heavy atom. The Morgan fingerprint density at radius 3 is 2.27 bits per heavy atom. The summed E-state index contributed by atoms with van der Waals surface area (Å²) >= 11 is 0.966. The smallest absolute Gasteiger partial charge is 0.251 e. The van der Waals surface area contributed by atoms with E-state index in [0.29, 0.717) is 5.56 Å². The molecule has 22 heavy (non-hydrogen) atoms. The van der Waals surface area contributed by atoms with Crippen molar-refractivity contribution in [2.75, 3.05) is 6.26 Å². The van der Waals surface area contributed by atoms with Gasteiger partial charge < -0.3 is 0 Å². The number of hydrogen-bond donors (Lipinski definition) is 1. The molecule has 1 amide bonds. The van der Waals surface area contributed by atoms with E-state index in [1.807, 2.05) is 4.72 Å². The van der Waals surface area contributed by atoms with E-state index < -0.39 is 27.0 Å². The average molecular weight is 339 g/mol. The van der Waals surface area contributed by atoms with Crippen LogP contribution in [0.3, 0.4) is 0 Å². The first-order valence-corrected chi connectivity index (χ1v) is 9.12.